The Kier molecular flexibility index (Phi) is 7.59. The van der Waals surface area contributed by atoms with Crippen molar-refractivity contribution >= 4 is 27.1 Å². The number of benzene rings is 2. The molecule has 158 valence electrons. The maximum Gasteiger partial charge on any atom is 0.226 e. The molecule has 3 rings (SSSR count). The van der Waals surface area contributed by atoms with Crippen LogP contribution in [0.1, 0.15) is 19.0 Å². The van der Waals surface area contributed by atoms with Crippen molar-refractivity contribution < 1.29 is 17.9 Å². The summed E-state index contributed by atoms with van der Waals surface area (Å²) in [5.41, 5.74) is 1.58. The molecule has 0 fully saturated rings. The minimum Gasteiger partial charge on any atom is -0.493 e. The summed E-state index contributed by atoms with van der Waals surface area (Å²) >= 11 is 1.46. The second kappa shape index (κ2) is 10.4. The second-order valence-electron chi connectivity index (χ2n) is 6.59. The van der Waals surface area contributed by atoms with Gasteiger partial charge < -0.3 is 10.1 Å². The van der Waals surface area contributed by atoms with Crippen molar-refractivity contribution in [2.45, 2.75) is 24.7 Å². The molecule has 0 aliphatic rings. The van der Waals surface area contributed by atoms with E-state index in [-0.39, 0.29) is 18.1 Å². The molecule has 8 heteroatoms. The Morgan fingerprint density at radius 1 is 1.10 bits per heavy atom. The van der Waals surface area contributed by atoms with Gasteiger partial charge in [0, 0.05) is 11.9 Å². The van der Waals surface area contributed by atoms with E-state index in [1.165, 1.54) is 11.3 Å². The first-order chi connectivity index (χ1) is 14.5. The largest absolute Gasteiger partial charge is 0.493 e. The van der Waals surface area contributed by atoms with E-state index in [2.05, 4.69) is 10.3 Å². The van der Waals surface area contributed by atoms with Crippen LogP contribution >= 0.6 is 11.3 Å². The summed E-state index contributed by atoms with van der Waals surface area (Å²) in [5, 5.41) is 5.43. The van der Waals surface area contributed by atoms with E-state index in [0.29, 0.717) is 30.2 Å². The fourth-order valence-electron chi connectivity index (χ4n) is 2.90. The number of rotatable bonds is 10. The summed E-state index contributed by atoms with van der Waals surface area (Å²) in [5.74, 6) is 0.582. The molecule has 2 aromatic carbocycles. The Labute approximate surface area is 180 Å². The molecule has 0 unspecified atom stereocenters. The number of carbonyl (C=O) groups excluding carboxylic acids is 1. The normalized spacial score (nSPS) is 11.2. The molecule has 0 radical (unpaired) electrons. The van der Waals surface area contributed by atoms with Crippen LogP contribution in [0.15, 0.2) is 64.9 Å². The van der Waals surface area contributed by atoms with Crippen LogP contribution in [-0.2, 0) is 21.1 Å². The third kappa shape index (κ3) is 5.90. The molecule has 3 aromatic rings. The zero-order chi connectivity index (χ0) is 21.4. The third-order valence-corrected chi connectivity index (χ3v) is 7.07. The van der Waals surface area contributed by atoms with Gasteiger partial charge in [-0.2, -0.15) is 0 Å². The molecule has 0 saturated heterocycles. The Morgan fingerprint density at radius 3 is 2.60 bits per heavy atom. The number of ether oxygens (including phenoxy) is 1. The van der Waals surface area contributed by atoms with Crippen LogP contribution in [0.25, 0.3) is 10.6 Å². The average Bonchev–Trinajstić information content (AvgIpc) is 3.21. The van der Waals surface area contributed by atoms with Crippen LogP contribution in [0.2, 0.25) is 0 Å². The highest BCUT2D eigenvalue weighted by Gasteiger charge is 2.15. The molecular weight excluding hydrogens is 420 g/mol. The van der Waals surface area contributed by atoms with E-state index in [9.17, 15) is 13.2 Å². The molecule has 30 heavy (non-hydrogen) atoms. The Morgan fingerprint density at radius 2 is 1.83 bits per heavy atom. The Hall–Kier alpha value is -2.71. The lowest BCUT2D eigenvalue weighted by Crippen LogP contribution is -2.27. The number of para-hydroxylation sites is 1. The van der Waals surface area contributed by atoms with Crippen LogP contribution < -0.4 is 10.1 Å². The lowest BCUT2D eigenvalue weighted by Gasteiger charge is -2.07. The number of amides is 1. The molecule has 1 heterocycles. The van der Waals surface area contributed by atoms with Gasteiger partial charge in [0.2, 0.25) is 5.91 Å². The molecule has 1 amide bonds. The summed E-state index contributed by atoms with van der Waals surface area (Å²) in [6.07, 6.45) is 0.506. The number of nitrogens with zero attached hydrogens (tertiary/aromatic N) is 1. The lowest BCUT2D eigenvalue weighted by molar-refractivity contribution is -0.120. The van der Waals surface area contributed by atoms with Crippen LogP contribution in [0.3, 0.4) is 0 Å². The zero-order valence-electron chi connectivity index (χ0n) is 16.7. The van der Waals surface area contributed by atoms with E-state index in [1.807, 2.05) is 36.6 Å². The van der Waals surface area contributed by atoms with Gasteiger partial charge in [-0.25, -0.2) is 13.4 Å². The topological polar surface area (TPSA) is 85.4 Å². The van der Waals surface area contributed by atoms with Gasteiger partial charge in [-0.15, -0.1) is 11.3 Å². The van der Waals surface area contributed by atoms with Crippen LogP contribution in [-0.4, -0.2) is 38.2 Å². The highest BCUT2D eigenvalue weighted by atomic mass is 32.2. The molecule has 6 nitrogen and oxygen atoms in total. The van der Waals surface area contributed by atoms with Crippen molar-refractivity contribution in [3.8, 4) is 16.3 Å². The number of aromatic nitrogens is 1. The van der Waals surface area contributed by atoms with Gasteiger partial charge in [0.05, 0.1) is 34.9 Å². The van der Waals surface area contributed by atoms with Gasteiger partial charge in [-0.1, -0.05) is 30.3 Å². The number of nitrogens with one attached hydrogen (secondary N) is 1. The summed E-state index contributed by atoms with van der Waals surface area (Å²) in [6.45, 7) is 2.80. The van der Waals surface area contributed by atoms with E-state index < -0.39 is 9.84 Å². The molecule has 1 aromatic heterocycles. The number of hydrogen-bond acceptors (Lipinski definition) is 6. The van der Waals surface area contributed by atoms with Crippen LogP contribution in [0, 0.1) is 0 Å². The predicted molar refractivity (Wildman–Crippen MR) is 119 cm³/mol. The molecular formula is C22H24N2O4S2. The monoisotopic (exact) mass is 444 g/mol. The van der Waals surface area contributed by atoms with Crippen molar-refractivity contribution in [3.05, 3.63) is 65.7 Å². The quantitative estimate of drug-likeness (QED) is 0.482. The summed E-state index contributed by atoms with van der Waals surface area (Å²) < 4.78 is 30.1. The Bertz CT molecular complexity index is 1080. The first-order valence-corrected chi connectivity index (χ1v) is 12.2. The maximum atomic E-state index is 12.2. The van der Waals surface area contributed by atoms with Crippen molar-refractivity contribution in [1.82, 2.24) is 10.3 Å². The number of hydrogen-bond donors (Lipinski definition) is 1. The smallest absolute Gasteiger partial charge is 0.226 e. The fraction of sp³-hybridized carbons (Fsp3) is 0.273. The average molecular weight is 445 g/mol. The first kappa shape index (κ1) is 22.0. The standard InChI is InChI=1S/C22H24N2O4S2/c1-2-28-20-12-7-6-11-19(20)22-24-17(16-29-22)15-21(25)23-13-8-14-30(26,27)18-9-4-3-5-10-18/h3-7,9-12,16H,2,8,13-15H2,1H3,(H,23,25). The minimum absolute atomic E-state index is 0.00758. The van der Waals surface area contributed by atoms with Crippen molar-refractivity contribution in [2.24, 2.45) is 0 Å². The summed E-state index contributed by atoms with van der Waals surface area (Å²) in [6, 6.07) is 16.0. The highest BCUT2D eigenvalue weighted by Crippen LogP contribution is 2.32. The fourth-order valence-corrected chi connectivity index (χ4v) is 5.08. The van der Waals surface area contributed by atoms with E-state index in [4.69, 9.17) is 4.74 Å². The minimum atomic E-state index is -3.33. The predicted octanol–water partition coefficient (Wildman–Crippen LogP) is 3.73. The van der Waals surface area contributed by atoms with E-state index >= 15 is 0 Å². The summed E-state index contributed by atoms with van der Waals surface area (Å²) in [7, 11) is -3.33. The van der Waals surface area contributed by atoms with Gasteiger partial charge in [0.15, 0.2) is 9.84 Å². The number of sulfone groups is 1. The van der Waals surface area contributed by atoms with Gasteiger partial charge in [-0.3, -0.25) is 4.79 Å². The van der Waals surface area contributed by atoms with Gasteiger partial charge in [0.25, 0.3) is 0 Å². The van der Waals surface area contributed by atoms with Gasteiger partial charge >= 0.3 is 0 Å². The first-order valence-electron chi connectivity index (χ1n) is 9.70. The van der Waals surface area contributed by atoms with Crippen LogP contribution in [0.5, 0.6) is 5.75 Å². The Balaban J connectivity index is 1.49. The van der Waals surface area contributed by atoms with Gasteiger partial charge in [0.1, 0.15) is 10.8 Å². The highest BCUT2D eigenvalue weighted by molar-refractivity contribution is 7.91. The summed E-state index contributed by atoms with van der Waals surface area (Å²) in [4.78, 5) is 17.1. The zero-order valence-corrected chi connectivity index (χ0v) is 18.3. The second-order valence-corrected chi connectivity index (χ2v) is 9.55. The lowest BCUT2D eigenvalue weighted by atomic mass is 10.2. The third-order valence-electron chi connectivity index (χ3n) is 4.33. The van der Waals surface area contributed by atoms with E-state index in [0.717, 1.165) is 16.3 Å². The molecule has 1 N–H and O–H groups in total. The SMILES string of the molecule is CCOc1ccccc1-c1nc(CC(=O)NCCCS(=O)(=O)c2ccccc2)cs1. The van der Waals surface area contributed by atoms with Crippen molar-refractivity contribution in [2.75, 3.05) is 18.9 Å². The molecule has 0 bridgehead atoms. The number of carbonyl (C=O) groups is 1. The van der Waals surface area contributed by atoms with E-state index in [1.54, 1.807) is 30.3 Å². The van der Waals surface area contributed by atoms with Crippen molar-refractivity contribution in [1.29, 1.82) is 0 Å². The molecule has 0 atom stereocenters. The van der Waals surface area contributed by atoms with Crippen LogP contribution in [0.4, 0.5) is 0 Å². The molecule has 0 aliphatic carbocycles. The molecule has 0 spiro atoms. The number of thiazole rings is 1. The van der Waals surface area contributed by atoms with Gasteiger partial charge in [-0.05, 0) is 37.6 Å². The molecule has 0 saturated carbocycles. The van der Waals surface area contributed by atoms with Crippen molar-refractivity contribution in [3.63, 3.8) is 0 Å². The maximum absolute atomic E-state index is 12.2. The molecule has 0 aliphatic heterocycles.